The highest BCUT2D eigenvalue weighted by molar-refractivity contribution is 5.76. The molecule has 0 unspecified atom stereocenters. The summed E-state index contributed by atoms with van der Waals surface area (Å²) in [5.74, 6) is 1.89. The Morgan fingerprint density at radius 2 is 1.65 bits per heavy atom. The van der Waals surface area contributed by atoms with Crippen molar-refractivity contribution < 1.29 is 9.47 Å². The van der Waals surface area contributed by atoms with Crippen molar-refractivity contribution in [1.29, 1.82) is 0 Å². The van der Waals surface area contributed by atoms with Crippen molar-refractivity contribution in [3.05, 3.63) is 47.5 Å². The van der Waals surface area contributed by atoms with E-state index in [-0.39, 0.29) is 0 Å². The van der Waals surface area contributed by atoms with E-state index in [1.165, 1.54) is 16.7 Å². The van der Waals surface area contributed by atoms with E-state index in [2.05, 4.69) is 23.5 Å². The van der Waals surface area contributed by atoms with Gasteiger partial charge in [-0.05, 0) is 36.2 Å². The van der Waals surface area contributed by atoms with Gasteiger partial charge < -0.3 is 14.8 Å². The number of ether oxygens (including phenoxy) is 2. The molecule has 1 aliphatic heterocycles. The number of methoxy groups -OCH3 is 2. The summed E-state index contributed by atoms with van der Waals surface area (Å²) in [6.07, 6.45) is 1.00. The third-order valence-corrected chi connectivity index (χ3v) is 3.86. The fourth-order valence-corrected chi connectivity index (χ4v) is 2.88. The molecule has 1 N–H and O–H groups in total. The molecule has 3 heteroatoms. The lowest BCUT2D eigenvalue weighted by Gasteiger charge is -2.23. The molecule has 0 radical (unpaired) electrons. The molecule has 104 valence electrons. The normalized spacial score (nSPS) is 13.7. The maximum atomic E-state index is 5.50. The quantitative estimate of drug-likeness (QED) is 0.929. The van der Waals surface area contributed by atoms with Gasteiger partial charge in [-0.15, -0.1) is 0 Å². The Kier molecular flexibility index (Phi) is 3.61. The zero-order valence-electron chi connectivity index (χ0n) is 11.9. The molecule has 0 atom stereocenters. The first-order valence-corrected chi connectivity index (χ1v) is 6.88. The van der Waals surface area contributed by atoms with Gasteiger partial charge in [0.25, 0.3) is 0 Å². The van der Waals surface area contributed by atoms with Crippen LogP contribution in [0, 0.1) is 0 Å². The van der Waals surface area contributed by atoms with E-state index in [0.717, 1.165) is 36.6 Å². The van der Waals surface area contributed by atoms with Gasteiger partial charge in [0.05, 0.1) is 14.2 Å². The van der Waals surface area contributed by atoms with Crippen LogP contribution in [-0.4, -0.2) is 20.8 Å². The first-order chi connectivity index (χ1) is 9.85. The Morgan fingerprint density at radius 3 is 2.45 bits per heavy atom. The second kappa shape index (κ2) is 5.55. The van der Waals surface area contributed by atoms with Crippen LogP contribution in [-0.2, 0) is 13.0 Å². The minimum Gasteiger partial charge on any atom is -0.496 e. The van der Waals surface area contributed by atoms with E-state index in [1.807, 2.05) is 18.2 Å². The molecule has 2 aromatic rings. The van der Waals surface area contributed by atoms with Crippen LogP contribution in [0.15, 0.2) is 36.4 Å². The number of hydrogen-bond acceptors (Lipinski definition) is 3. The van der Waals surface area contributed by atoms with Crippen LogP contribution in [0.5, 0.6) is 11.5 Å². The predicted molar refractivity (Wildman–Crippen MR) is 80.4 cm³/mol. The highest BCUT2D eigenvalue weighted by Crippen LogP contribution is 2.37. The topological polar surface area (TPSA) is 30.5 Å². The Labute approximate surface area is 119 Å². The van der Waals surface area contributed by atoms with Gasteiger partial charge in [0.1, 0.15) is 11.5 Å². The van der Waals surface area contributed by atoms with Crippen LogP contribution < -0.4 is 14.8 Å². The third-order valence-electron chi connectivity index (χ3n) is 3.86. The molecule has 1 heterocycles. The monoisotopic (exact) mass is 269 g/mol. The summed E-state index contributed by atoms with van der Waals surface area (Å²) in [5, 5.41) is 3.44. The molecule has 0 aliphatic carbocycles. The highest BCUT2D eigenvalue weighted by atomic mass is 16.5. The summed E-state index contributed by atoms with van der Waals surface area (Å²) in [6.45, 7) is 1.87. The summed E-state index contributed by atoms with van der Waals surface area (Å²) < 4.78 is 11.0. The van der Waals surface area contributed by atoms with Crippen LogP contribution in [0.3, 0.4) is 0 Å². The van der Waals surface area contributed by atoms with Crippen LogP contribution >= 0.6 is 0 Å². The molecule has 0 bridgehead atoms. The van der Waals surface area contributed by atoms with E-state index in [4.69, 9.17) is 9.47 Å². The molecule has 20 heavy (non-hydrogen) atoms. The number of rotatable bonds is 3. The average molecular weight is 269 g/mol. The maximum absolute atomic E-state index is 5.50. The van der Waals surface area contributed by atoms with E-state index >= 15 is 0 Å². The largest absolute Gasteiger partial charge is 0.496 e. The fourth-order valence-electron chi connectivity index (χ4n) is 2.88. The Morgan fingerprint density at radius 1 is 0.850 bits per heavy atom. The van der Waals surface area contributed by atoms with Crippen molar-refractivity contribution in [2.45, 2.75) is 13.0 Å². The van der Waals surface area contributed by atoms with Gasteiger partial charge in [0, 0.05) is 17.7 Å². The molecule has 3 rings (SSSR count). The number of benzene rings is 2. The number of fused-ring (bicyclic) bond motifs is 1. The van der Waals surface area contributed by atoms with Gasteiger partial charge in [-0.1, -0.05) is 24.3 Å². The SMILES string of the molecule is COc1ccccc1-c1ccc(OC)c2c1CNCC2. The highest BCUT2D eigenvalue weighted by Gasteiger charge is 2.19. The third kappa shape index (κ3) is 2.14. The first kappa shape index (κ1) is 13.0. The van der Waals surface area contributed by atoms with Crippen molar-refractivity contribution in [3.8, 4) is 22.6 Å². The Hall–Kier alpha value is -2.00. The molecule has 0 amide bonds. The van der Waals surface area contributed by atoms with Gasteiger partial charge in [-0.3, -0.25) is 0 Å². The van der Waals surface area contributed by atoms with E-state index < -0.39 is 0 Å². The molecule has 3 nitrogen and oxygen atoms in total. The summed E-state index contributed by atoms with van der Waals surface area (Å²) in [6, 6.07) is 12.3. The minimum atomic E-state index is 0.875. The van der Waals surface area contributed by atoms with Crippen molar-refractivity contribution in [2.75, 3.05) is 20.8 Å². The average Bonchev–Trinajstić information content (AvgIpc) is 2.53. The van der Waals surface area contributed by atoms with E-state index in [0.29, 0.717) is 0 Å². The van der Waals surface area contributed by atoms with Gasteiger partial charge in [-0.25, -0.2) is 0 Å². The molecule has 2 aromatic carbocycles. The van der Waals surface area contributed by atoms with Crippen molar-refractivity contribution in [3.63, 3.8) is 0 Å². The van der Waals surface area contributed by atoms with Crippen LogP contribution in [0.4, 0.5) is 0 Å². The molecule has 0 fully saturated rings. The number of nitrogens with one attached hydrogen (secondary N) is 1. The molecule has 1 aliphatic rings. The van der Waals surface area contributed by atoms with E-state index in [1.54, 1.807) is 14.2 Å². The predicted octanol–water partition coefficient (Wildman–Crippen LogP) is 3.02. The van der Waals surface area contributed by atoms with Crippen molar-refractivity contribution in [1.82, 2.24) is 5.32 Å². The fraction of sp³-hybridized carbons (Fsp3) is 0.294. The lowest BCUT2D eigenvalue weighted by Crippen LogP contribution is -2.24. The zero-order valence-corrected chi connectivity index (χ0v) is 11.9. The first-order valence-electron chi connectivity index (χ1n) is 6.88. The van der Waals surface area contributed by atoms with Crippen LogP contribution in [0.2, 0.25) is 0 Å². The van der Waals surface area contributed by atoms with Crippen molar-refractivity contribution in [2.24, 2.45) is 0 Å². The summed E-state index contributed by atoms with van der Waals surface area (Å²) in [5.41, 5.74) is 5.00. The molecule has 0 saturated heterocycles. The molecule has 0 saturated carbocycles. The smallest absolute Gasteiger partial charge is 0.126 e. The molecule has 0 aromatic heterocycles. The summed E-state index contributed by atoms with van der Waals surface area (Å²) in [4.78, 5) is 0. The lowest BCUT2D eigenvalue weighted by molar-refractivity contribution is 0.405. The van der Waals surface area contributed by atoms with E-state index in [9.17, 15) is 0 Å². The van der Waals surface area contributed by atoms with Gasteiger partial charge in [-0.2, -0.15) is 0 Å². The number of para-hydroxylation sites is 1. The Bertz CT molecular complexity index is 622. The lowest BCUT2D eigenvalue weighted by atomic mass is 9.91. The molecule has 0 spiro atoms. The van der Waals surface area contributed by atoms with Gasteiger partial charge in [0.15, 0.2) is 0 Å². The minimum absolute atomic E-state index is 0.875. The second-order valence-corrected chi connectivity index (χ2v) is 4.90. The second-order valence-electron chi connectivity index (χ2n) is 4.90. The zero-order chi connectivity index (χ0) is 13.9. The standard InChI is InChI=1S/C17H19NO2/c1-19-16-6-4-3-5-13(16)12-7-8-17(20-2)14-9-10-18-11-15(12)14/h3-8,18H,9-11H2,1-2H3. The van der Waals surface area contributed by atoms with Gasteiger partial charge >= 0.3 is 0 Å². The summed E-state index contributed by atoms with van der Waals surface area (Å²) >= 11 is 0. The molecular formula is C17H19NO2. The van der Waals surface area contributed by atoms with Gasteiger partial charge in [0.2, 0.25) is 0 Å². The van der Waals surface area contributed by atoms with Crippen molar-refractivity contribution >= 4 is 0 Å². The van der Waals surface area contributed by atoms with Crippen LogP contribution in [0.1, 0.15) is 11.1 Å². The maximum Gasteiger partial charge on any atom is 0.126 e. The Balaban J connectivity index is 2.19. The molecular weight excluding hydrogens is 250 g/mol. The number of hydrogen-bond donors (Lipinski definition) is 1. The van der Waals surface area contributed by atoms with Crippen LogP contribution in [0.25, 0.3) is 11.1 Å². The summed E-state index contributed by atoms with van der Waals surface area (Å²) in [7, 11) is 3.45.